The van der Waals surface area contributed by atoms with E-state index in [2.05, 4.69) is 35.1 Å². The Labute approximate surface area is 203 Å². The lowest BCUT2D eigenvalue weighted by Gasteiger charge is -2.36. The highest BCUT2D eigenvalue weighted by Gasteiger charge is 2.21. The summed E-state index contributed by atoms with van der Waals surface area (Å²) in [4.78, 5) is 21.7. The van der Waals surface area contributed by atoms with E-state index in [4.69, 9.17) is 4.74 Å². The summed E-state index contributed by atoms with van der Waals surface area (Å²) in [5.41, 5.74) is 1.00. The maximum Gasteiger partial charge on any atom is 0.225 e. The van der Waals surface area contributed by atoms with E-state index in [0.717, 1.165) is 43.7 Å². The molecule has 3 heterocycles. The fourth-order valence-electron chi connectivity index (χ4n) is 3.33. The van der Waals surface area contributed by atoms with E-state index < -0.39 is 0 Å². The number of pyridine rings is 1. The molecule has 0 unspecified atom stereocenters. The predicted octanol–water partition coefficient (Wildman–Crippen LogP) is 3.32. The van der Waals surface area contributed by atoms with Crippen LogP contribution in [0.25, 0.3) is 0 Å². The third kappa shape index (κ3) is 6.25. The minimum atomic E-state index is -0.304. The summed E-state index contributed by atoms with van der Waals surface area (Å²) in [7, 11) is 1.78. The summed E-state index contributed by atoms with van der Waals surface area (Å²) < 4.78 is 18.8. The van der Waals surface area contributed by atoms with Crippen LogP contribution >= 0.6 is 24.0 Å². The molecule has 8 nitrogen and oxygen atoms in total. The molecule has 0 radical (unpaired) electrons. The van der Waals surface area contributed by atoms with E-state index in [9.17, 15) is 4.39 Å². The number of rotatable bonds is 5. The number of hydrogen-bond acceptors (Lipinski definition) is 6. The fraction of sp³-hybridized carbons (Fsp3) is 0.273. The second kappa shape index (κ2) is 11.6. The highest BCUT2D eigenvalue weighted by atomic mass is 127. The Morgan fingerprint density at radius 3 is 2.44 bits per heavy atom. The molecule has 10 heteroatoms. The zero-order valence-electron chi connectivity index (χ0n) is 17.7. The van der Waals surface area contributed by atoms with Gasteiger partial charge in [0.25, 0.3) is 0 Å². The zero-order valence-corrected chi connectivity index (χ0v) is 20.0. The average Bonchev–Trinajstić information content (AvgIpc) is 2.82. The van der Waals surface area contributed by atoms with Crippen molar-refractivity contribution in [2.45, 2.75) is 6.54 Å². The number of aliphatic imine (C=N–C) groups is 1. The summed E-state index contributed by atoms with van der Waals surface area (Å²) in [5, 5.41) is 3.40. The molecule has 0 spiro atoms. The first kappa shape index (κ1) is 23.6. The SMILES string of the molecule is CN=C(NCc1ccnc(Oc2ccc(F)cc2)c1)N1CCN(c2ncccn2)CC1.I. The van der Waals surface area contributed by atoms with Crippen molar-refractivity contribution in [1.82, 2.24) is 25.2 Å². The number of guanidine groups is 1. The summed E-state index contributed by atoms with van der Waals surface area (Å²) in [5.74, 6) is 2.29. The van der Waals surface area contributed by atoms with Crippen molar-refractivity contribution >= 4 is 35.9 Å². The van der Waals surface area contributed by atoms with Crippen molar-refractivity contribution in [3.05, 3.63) is 72.4 Å². The second-order valence-electron chi connectivity index (χ2n) is 6.98. The van der Waals surface area contributed by atoms with Gasteiger partial charge < -0.3 is 19.9 Å². The number of nitrogens with zero attached hydrogens (tertiary/aromatic N) is 6. The third-order valence-electron chi connectivity index (χ3n) is 4.91. The first-order valence-electron chi connectivity index (χ1n) is 10.1. The Morgan fingerprint density at radius 1 is 1.03 bits per heavy atom. The van der Waals surface area contributed by atoms with Crippen LogP contribution in [0.5, 0.6) is 11.6 Å². The normalized spacial score (nSPS) is 14.0. The molecule has 0 saturated carbocycles. The Morgan fingerprint density at radius 2 is 1.75 bits per heavy atom. The molecule has 1 aliphatic heterocycles. The molecule has 32 heavy (non-hydrogen) atoms. The van der Waals surface area contributed by atoms with Gasteiger partial charge in [-0.2, -0.15) is 0 Å². The van der Waals surface area contributed by atoms with Gasteiger partial charge >= 0.3 is 0 Å². The number of nitrogens with one attached hydrogen (secondary N) is 1. The fourth-order valence-corrected chi connectivity index (χ4v) is 3.33. The summed E-state index contributed by atoms with van der Waals surface area (Å²) in [6, 6.07) is 11.5. The number of aromatic nitrogens is 3. The Bertz CT molecular complexity index is 1010. The molecular weight excluding hydrogens is 524 g/mol. The standard InChI is InChI=1S/C22H24FN7O.HI/c1-24-21(29-11-13-30(14-12-29)22-26-8-2-9-27-22)28-16-17-7-10-25-20(15-17)31-19-5-3-18(23)4-6-19;/h2-10,15H,11-14,16H2,1H3,(H,24,28);1H. The van der Waals surface area contributed by atoms with Crippen molar-refractivity contribution in [3.8, 4) is 11.6 Å². The largest absolute Gasteiger partial charge is 0.439 e. The summed E-state index contributed by atoms with van der Waals surface area (Å²) in [6.45, 7) is 3.89. The minimum Gasteiger partial charge on any atom is -0.439 e. The van der Waals surface area contributed by atoms with Crippen LogP contribution in [0.4, 0.5) is 10.3 Å². The Hall–Kier alpha value is -3.02. The molecular formula is C22H25FIN7O. The highest BCUT2D eigenvalue weighted by Crippen LogP contribution is 2.20. The van der Waals surface area contributed by atoms with Crippen LogP contribution < -0.4 is 15.0 Å². The van der Waals surface area contributed by atoms with Crippen LogP contribution in [-0.2, 0) is 6.54 Å². The number of benzene rings is 1. The van der Waals surface area contributed by atoms with Gasteiger partial charge in [-0.3, -0.25) is 4.99 Å². The minimum absolute atomic E-state index is 0. The summed E-state index contributed by atoms with van der Waals surface area (Å²) >= 11 is 0. The number of halogens is 2. The molecule has 2 aromatic heterocycles. The van der Waals surface area contributed by atoms with Gasteiger partial charge in [-0.15, -0.1) is 24.0 Å². The third-order valence-corrected chi connectivity index (χ3v) is 4.91. The molecule has 1 N–H and O–H groups in total. The molecule has 0 atom stereocenters. The number of ether oxygens (including phenoxy) is 1. The number of anilines is 1. The molecule has 4 rings (SSSR count). The molecule has 0 amide bonds. The average molecular weight is 549 g/mol. The van der Waals surface area contributed by atoms with Crippen molar-refractivity contribution < 1.29 is 9.13 Å². The maximum atomic E-state index is 13.1. The van der Waals surface area contributed by atoms with Gasteiger partial charge in [0.1, 0.15) is 11.6 Å². The lowest BCUT2D eigenvalue weighted by Crippen LogP contribution is -2.52. The summed E-state index contributed by atoms with van der Waals surface area (Å²) in [6.07, 6.45) is 5.22. The lowest BCUT2D eigenvalue weighted by atomic mass is 10.2. The first-order valence-corrected chi connectivity index (χ1v) is 10.1. The van der Waals surface area contributed by atoms with Gasteiger partial charge in [0.2, 0.25) is 11.8 Å². The highest BCUT2D eigenvalue weighted by molar-refractivity contribution is 14.0. The van der Waals surface area contributed by atoms with E-state index in [1.807, 2.05) is 18.2 Å². The van der Waals surface area contributed by atoms with Gasteiger partial charge in [0, 0.05) is 64.4 Å². The van der Waals surface area contributed by atoms with Crippen LogP contribution in [0.15, 0.2) is 66.0 Å². The molecule has 1 fully saturated rings. The number of piperazine rings is 1. The van der Waals surface area contributed by atoms with Crippen molar-refractivity contribution in [1.29, 1.82) is 0 Å². The Balaban J connectivity index is 0.00000289. The van der Waals surface area contributed by atoms with Crippen molar-refractivity contribution in [3.63, 3.8) is 0 Å². The van der Waals surface area contributed by atoms with Gasteiger partial charge in [-0.25, -0.2) is 19.3 Å². The molecule has 0 bridgehead atoms. The van der Waals surface area contributed by atoms with Crippen LogP contribution in [0.2, 0.25) is 0 Å². The van der Waals surface area contributed by atoms with Gasteiger partial charge in [0.15, 0.2) is 5.96 Å². The van der Waals surface area contributed by atoms with E-state index in [0.29, 0.717) is 18.2 Å². The molecule has 0 aliphatic carbocycles. The molecule has 168 valence electrons. The van der Waals surface area contributed by atoms with Crippen molar-refractivity contribution in [2.24, 2.45) is 4.99 Å². The topological polar surface area (TPSA) is 78.8 Å². The van der Waals surface area contributed by atoms with E-state index in [1.165, 1.54) is 12.1 Å². The zero-order chi connectivity index (χ0) is 21.5. The second-order valence-corrected chi connectivity index (χ2v) is 6.98. The van der Waals surface area contributed by atoms with E-state index in [1.54, 1.807) is 37.8 Å². The lowest BCUT2D eigenvalue weighted by molar-refractivity contribution is 0.370. The number of hydrogen-bond donors (Lipinski definition) is 1. The van der Waals surface area contributed by atoms with Crippen LogP contribution in [0.1, 0.15) is 5.56 Å². The monoisotopic (exact) mass is 549 g/mol. The van der Waals surface area contributed by atoms with Crippen LogP contribution in [-0.4, -0.2) is 59.0 Å². The first-order chi connectivity index (χ1) is 15.2. The van der Waals surface area contributed by atoms with E-state index in [-0.39, 0.29) is 29.8 Å². The smallest absolute Gasteiger partial charge is 0.225 e. The quantitative estimate of drug-likeness (QED) is 0.297. The van der Waals surface area contributed by atoms with E-state index >= 15 is 0 Å². The molecule has 3 aromatic rings. The van der Waals surface area contributed by atoms with Crippen LogP contribution in [0, 0.1) is 5.82 Å². The van der Waals surface area contributed by atoms with Crippen LogP contribution in [0.3, 0.4) is 0 Å². The van der Waals surface area contributed by atoms with Crippen molar-refractivity contribution in [2.75, 3.05) is 38.1 Å². The Kier molecular flexibility index (Phi) is 8.54. The van der Waals surface area contributed by atoms with Gasteiger partial charge in [-0.1, -0.05) is 0 Å². The molecule has 1 aliphatic rings. The van der Waals surface area contributed by atoms with Gasteiger partial charge in [-0.05, 0) is 42.0 Å². The van der Waals surface area contributed by atoms with Gasteiger partial charge in [0.05, 0.1) is 0 Å². The predicted molar refractivity (Wildman–Crippen MR) is 132 cm³/mol. The molecule has 1 saturated heterocycles. The molecule has 1 aromatic carbocycles. The maximum absolute atomic E-state index is 13.1.